The fraction of sp³-hybridized carbons (Fsp3) is 0.294. The maximum absolute atomic E-state index is 13.4. The SMILES string of the molecule is COc1ccc(C(C)CCN)cc1-c1ccc(F)c(F)c1. The van der Waals surface area contributed by atoms with E-state index in [1.165, 1.54) is 6.07 Å². The molecular formula is C17H19F2NO. The van der Waals surface area contributed by atoms with Crippen LogP contribution in [0.25, 0.3) is 11.1 Å². The van der Waals surface area contributed by atoms with Gasteiger partial charge in [0.05, 0.1) is 7.11 Å². The van der Waals surface area contributed by atoms with Gasteiger partial charge in [-0.1, -0.05) is 19.1 Å². The highest BCUT2D eigenvalue weighted by Gasteiger charge is 2.12. The largest absolute Gasteiger partial charge is 0.496 e. The Hall–Kier alpha value is -1.94. The van der Waals surface area contributed by atoms with Crippen molar-refractivity contribution in [2.24, 2.45) is 5.73 Å². The first-order valence-electron chi connectivity index (χ1n) is 6.90. The number of nitrogens with two attached hydrogens (primary N) is 1. The summed E-state index contributed by atoms with van der Waals surface area (Å²) in [6, 6.07) is 9.63. The molecule has 2 N–H and O–H groups in total. The molecule has 0 saturated heterocycles. The first-order valence-corrected chi connectivity index (χ1v) is 6.90. The summed E-state index contributed by atoms with van der Waals surface area (Å²) in [5, 5.41) is 0. The Morgan fingerprint density at radius 1 is 1.10 bits per heavy atom. The molecule has 21 heavy (non-hydrogen) atoms. The molecule has 2 rings (SSSR count). The molecule has 2 aromatic carbocycles. The second-order valence-corrected chi connectivity index (χ2v) is 5.07. The number of methoxy groups -OCH3 is 1. The van der Waals surface area contributed by atoms with E-state index < -0.39 is 11.6 Å². The molecule has 0 bridgehead atoms. The normalized spacial score (nSPS) is 12.2. The number of halogens is 2. The van der Waals surface area contributed by atoms with Crippen LogP contribution in [0.4, 0.5) is 8.78 Å². The van der Waals surface area contributed by atoms with Gasteiger partial charge in [0, 0.05) is 5.56 Å². The van der Waals surface area contributed by atoms with E-state index in [2.05, 4.69) is 6.92 Å². The molecule has 0 aliphatic rings. The first kappa shape index (κ1) is 15.4. The van der Waals surface area contributed by atoms with Crippen LogP contribution in [0.2, 0.25) is 0 Å². The van der Waals surface area contributed by atoms with Gasteiger partial charge in [0.2, 0.25) is 0 Å². The number of rotatable bonds is 5. The van der Waals surface area contributed by atoms with E-state index in [1.54, 1.807) is 13.2 Å². The molecule has 0 heterocycles. The third kappa shape index (κ3) is 3.39. The standard InChI is InChI=1S/C17H19F2NO/c1-11(7-8-20)12-4-6-17(21-2)14(9-12)13-3-5-15(18)16(19)10-13/h3-6,9-11H,7-8,20H2,1-2H3. The molecule has 1 atom stereocenters. The van der Waals surface area contributed by atoms with Crippen LogP contribution in [-0.4, -0.2) is 13.7 Å². The number of hydrogen-bond acceptors (Lipinski definition) is 2. The van der Waals surface area contributed by atoms with Crippen molar-refractivity contribution in [2.75, 3.05) is 13.7 Å². The Morgan fingerprint density at radius 3 is 2.48 bits per heavy atom. The van der Waals surface area contributed by atoms with Crippen molar-refractivity contribution in [3.8, 4) is 16.9 Å². The molecular weight excluding hydrogens is 272 g/mol. The average Bonchev–Trinajstić information content (AvgIpc) is 2.49. The van der Waals surface area contributed by atoms with Gasteiger partial charge >= 0.3 is 0 Å². The fourth-order valence-electron chi connectivity index (χ4n) is 2.34. The Balaban J connectivity index is 2.49. The zero-order chi connectivity index (χ0) is 15.4. The predicted molar refractivity (Wildman–Crippen MR) is 80.4 cm³/mol. The van der Waals surface area contributed by atoms with Crippen LogP contribution >= 0.6 is 0 Å². The van der Waals surface area contributed by atoms with Crippen LogP contribution in [0.3, 0.4) is 0 Å². The third-order valence-electron chi connectivity index (χ3n) is 3.62. The van der Waals surface area contributed by atoms with Gasteiger partial charge in [-0.3, -0.25) is 0 Å². The quantitative estimate of drug-likeness (QED) is 0.900. The highest BCUT2D eigenvalue weighted by molar-refractivity contribution is 5.71. The number of ether oxygens (including phenoxy) is 1. The van der Waals surface area contributed by atoms with Crippen LogP contribution in [0.5, 0.6) is 5.75 Å². The number of benzene rings is 2. The molecule has 0 aliphatic carbocycles. The van der Waals surface area contributed by atoms with E-state index in [9.17, 15) is 8.78 Å². The van der Waals surface area contributed by atoms with Gasteiger partial charge in [-0.05, 0) is 54.3 Å². The van der Waals surface area contributed by atoms with Gasteiger partial charge in [0.25, 0.3) is 0 Å². The molecule has 0 spiro atoms. The summed E-state index contributed by atoms with van der Waals surface area (Å²) in [6.07, 6.45) is 0.865. The van der Waals surface area contributed by atoms with Crippen LogP contribution < -0.4 is 10.5 Å². The van der Waals surface area contributed by atoms with Gasteiger partial charge in [0.15, 0.2) is 11.6 Å². The van der Waals surface area contributed by atoms with Crippen molar-refractivity contribution >= 4 is 0 Å². The maximum atomic E-state index is 13.4. The lowest BCUT2D eigenvalue weighted by molar-refractivity contribution is 0.416. The molecule has 0 saturated carbocycles. The molecule has 0 radical (unpaired) electrons. The van der Waals surface area contributed by atoms with Crippen LogP contribution in [0.15, 0.2) is 36.4 Å². The summed E-state index contributed by atoms with van der Waals surface area (Å²) < 4.78 is 31.9. The molecule has 0 amide bonds. The van der Waals surface area contributed by atoms with Crippen molar-refractivity contribution in [3.05, 3.63) is 53.6 Å². The highest BCUT2D eigenvalue weighted by Crippen LogP contribution is 2.34. The molecule has 2 aromatic rings. The lowest BCUT2D eigenvalue weighted by atomic mass is 9.93. The Morgan fingerprint density at radius 2 is 1.86 bits per heavy atom. The molecule has 2 nitrogen and oxygen atoms in total. The monoisotopic (exact) mass is 291 g/mol. The molecule has 1 unspecified atom stereocenters. The lowest BCUT2D eigenvalue weighted by Gasteiger charge is -2.15. The zero-order valence-electron chi connectivity index (χ0n) is 12.2. The van der Waals surface area contributed by atoms with Gasteiger partial charge in [0.1, 0.15) is 5.75 Å². The Kier molecular flexibility index (Phi) is 4.91. The second-order valence-electron chi connectivity index (χ2n) is 5.07. The summed E-state index contributed by atoms with van der Waals surface area (Å²) in [6.45, 7) is 2.69. The van der Waals surface area contributed by atoms with E-state index in [0.29, 0.717) is 23.8 Å². The van der Waals surface area contributed by atoms with E-state index >= 15 is 0 Å². The van der Waals surface area contributed by atoms with Crippen molar-refractivity contribution in [3.63, 3.8) is 0 Å². The predicted octanol–water partition coefficient (Wildman–Crippen LogP) is 4.09. The smallest absolute Gasteiger partial charge is 0.159 e. The minimum atomic E-state index is -0.866. The van der Waals surface area contributed by atoms with Crippen LogP contribution in [0.1, 0.15) is 24.8 Å². The zero-order valence-corrected chi connectivity index (χ0v) is 12.2. The molecule has 112 valence electrons. The van der Waals surface area contributed by atoms with Crippen molar-refractivity contribution in [1.29, 1.82) is 0 Å². The fourth-order valence-corrected chi connectivity index (χ4v) is 2.34. The number of hydrogen-bond donors (Lipinski definition) is 1. The summed E-state index contributed by atoms with van der Waals surface area (Å²) in [5.41, 5.74) is 8.03. The van der Waals surface area contributed by atoms with E-state index in [-0.39, 0.29) is 0 Å². The van der Waals surface area contributed by atoms with Gasteiger partial charge in [-0.25, -0.2) is 8.78 Å². The van der Waals surface area contributed by atoms with Crippen molar-refractivity contribution in [2.45, 2.75) is 19.3 Å². The Labute approximate surface area is 123 Å². The molecule has 0 aliphatic heterocycles. The minimum Gasteiger partial charge on any atom is -0.496 e. The van der Waals surface area contributed by atoms with E-state index in [4.69, 9.17) is 10.5 Å². The average molecular weight is 291 g/mol. The van der Waals surface area contributed by atoms with Crippen molar-refractivity contribution in [1.82, 2.24) is 0 Å². The summed E-state index contributed by atoms with van der Waals surface area (Å²) in [4.78, 5) is 0. The highest BCUT2D eigenvalue weighted by atomic mass is 19.2. The van der Waals surface area contributed by atoms with Gasteiger partial charge in [-0.15, -0.1) is 0 Å². The van der Waals surface area contributed by atoms with Gasteiger partial charge < -0.3 is 10.5 Å². The molecule has 0 fully saturated rings. The summed E-state index contributed by atoms with van der Waals surface area (Å²) in [5.74, 6) is -0.796. The van der Waals surface area contributed by atoms with Crippen molar-refractivity contribution < 1.29 is 13.5 Å². The molecule has 0 aromatic heterocycles. The minimum absolute atomic E-state index is 0.296. The third-order valence-corrected chi connectivity index (χ3v) is 3.62. The van der Waals surface area contributed by atoms with E-state index in [0.717, 1.165) is 23.6 Å². The maximum Gasteiger partial charge on any atom is 0.159 e. The summed E-state index contributed by atoms with van der Waals surface area (Å²) >= 11 is 0. The molecule has 4 heteroatoms. The summed E-state index contributed by atoms with van der Waals surface area (Å²) in [7, 11) is 1.56. The second kappa shape index (κ2) is 6.68. The van der Waals surface area contributed by atoms with Crippen LogP contribution in [-0.2, 0) is 0 Å². The van der Waals surface area contributed by atoms with E-state index in [1.807, 2.05) is 18.2 Å². The Bertz CT molecular complexity index is 628. The van der Waals surface area contributed by atoms with Crippen LogP contribution in [0, 0.1) is 11.6 Å². The lowest BCUT2D eigenvalue weighted by Crippen LogP contribution is -2.05. The van der Waals surface area contributed by atoms with Gasteiger partial charge in [-0.2, -0.15) is 0 Å². The first-order chi connectivity index (χ1) is 10.1. The topological polar surface area (TPSA) is 35.2 Å².